The normalized spacial score (nSPS) is 16.3. The van der Waals surface area contributed by atoms with E-state index in [2.05, 4.69) is 29.4 Å². The smallest absolute Gasteiger partial charge is 0.275 e. The van der Waals surface area contributed by atoms with Crippen LogP contribution in [0.15, 0.2) is 65.6 Å². The van der Waals surface area contributed by atoms with Gasteiger partial charge in [0.05, 0.1) is 12.2 Å². The molecule has 0 radical (unpaired) electrons. The Kier molecular flexibility index (Phi) is 4.24. The van der Waals surface area contributed by atoms with Gasteiger partial charge in [-0.1, -0.05) is 54.6 Å². The van der Waals surface area contributed by atoms with Gasteiger partial charge in [0.2, 0.25) is 5.43 Å². The quantitative estimate of drug-likeness (QED) is 0.778. The van der Waals surface area contributed by atoms with Crippen molar-refractivity contribution in [3.05, 3.63) is 82.3 Å². The van der Waals surface area contributed by atoms with Gasteiger partial charge < -0.3 is 10.0 Å². The summed E-state index contributed by atoms with van der Waals surface area (Å²) >= 11 is 0. The van der Waals surface area contributed by atoms with Crippen molar-refractivity contribution < 1.29 is 9.90 Å². The summed E-state index contributed by atoms with van der Waals surface area (Å²) in [6.07, 6.45) is 1.68. The summed E-state index contributed by atoms with van der Waals surface area (Å²) in [4.78, 5) is 25.7. The molecule has 1 unspecified atom stereocenters. The molecule has 6 heteroatoms. The Morgan fingerprint density at radius 1 is 1.07 bits per heavy atom. The van der Waals surface area contributed by atoms with Crippen molar-refractivity contribution >= 4 is 5.91 Å². The lowest BCUT2D eigenvalue weighted by Gasteiger charge is -2.33. The molecule has 4 rings (SSSR count). The topological polar surface area (TPSA) is 75.4 Å². The number of likely N-dealkylation sites (N-methyl/N-ethyl adjacent to an activating group) is 1. The van der Waals surface area contributed by atoms with Crippen LogP contribution in [0.3, 0.4) is 0 Å². The van der Waals surface area contributed by atoms with E-state index >= 15 is 0 Å². The minimum absolute atomic E-state index is 0.0431. The number of carbonyl (C=O) groups excluding carboxylic acids is 1. The molecule has 0 spiro atoms. The molecule has 1 aliphatic heterocycles. The first-order valence-corrected chi connectivity index (χ1v) is 8.76. The summed E-state index contributed by atoms with van der Waals surface area (Å²) in [5.41, 5.74) is 2.66. The van der Waals surface area contributed by atoms with Gasteiger partial charge in [-0.3, -0.25) is 14.3 Å². The van der Waals surface area contributed by atoms with Gasteiger partial charge in [-0.25, -0.2) is 0 Å². The van der Waals surface area contributed by atoms with Crippen LogP contribution < -0.4 is 5.43 Å². The summed E-state index contributed by atoms with van der Waals surface area (Å²) in [5, 5.41) is 14.3. The number of hydrogen-bond acceptors (Lipinski definition) is 4. The van der Waals surface area contributed by atoms with Crippen LogP contribution in [-0.2, 0) is 6.42 Å². The van der Waals surface area contributed by atoms with Crippen LogP contribution in [0, 0.1) is 0 Å². The predicted octanol–water partition coefficient (Wildman–Crippen LogP) is 2.49. The molecule has 136 valence electrons. The SMILES string of the molecule is CN1CC(Cc2ccccc2-c2ccccc2)n2ncc(=O)c(O)c2C1=O. The van der Waals surface area contributed by atoms with E-state index in [0.29, 0.717) is 13.0 Å². The number of fused-ring (bicyclic) bond motifs is 1. The predicted molar refractivity (Wildman–Crippen MR) is 102 cm³/mol. The number of rotatable bonds is 3. The number of aromatic hydroxyl groups is 1. The molecule has 0 bridgehead atoms. The Morgan fingerprint density at radius 3 is 2.56 bits per heavy atom. The summed E-state index contributed by atoms with van der Waals surface area (Å²) < 4.78 is 1.49. The molecular weight excluding hydrogens is 342 g/mol. The minimum Gasteiger partial charge on any atom is -0.502 e. The Morgan fingerprint density at radius 2 is 1.78 bits per heavy atom. The zero-order valence-corrected chi connectivity index (χ0v) is 14.9. The number of benzene rings is 2. The molecule has 0 saturated carbocycles. The van der Waals surface area contributed by atoms with Gasteiger partial charge in [-0.05, 0) is 23.1 Å². The van der Waals surface area contributed by atoms with Crippen molar-refractivity contribution in [2.45, 2.75) is 12.5 Å². The maximum absolute atomic E-state index is 12.4. The maximum Gasteiger partial charge on any atom is 0.275 e. The molecule has 1 aromatic heterocycles. The van der Waals surface area contributed by atoms with Crippen LogP contribution in [0.2, 0.25) is 0 Å². The molecule has 1 amide bonds. The summed E-state index contributed by atoms with van der Waals surface area (Å²) in [7, 11) is 1.67. The first-order chi connectivity index (χ1) is 13.1. The Balaban J connectivity index is 1.77. The fourth-order valence-corrected chi connectivity index (χ4v) is 3.59. The molecule has 2 heterocycles. The number of aromatic nitrogens is 2. The van der Waals surface area contributed by atoms with E-state index in [1.165, 1.54) is 9.58 Å². The number of nitrogens with zero attached hydrogens (tertiary/aromatic N) is 3. The summed E-state index contributed by atoms with van der Waals surface area (Å²) in [6.45, 7) is 0.449. The van der Waals surface area contributed by atoms with E-state index in [-0.39, 0.29) is 11.7 Å². The third kappa shape index (κ3) is 2.99. The lowest BCUT2D eigenvalue weighted by molar-refractivity contribution is 0.0695. The van der Waals surface area contributed by atoms with Gasteiger partial charge in [-0.15, -0.1) is 0 Å². The fourth-order valence-electron chi connectivity index (χ4n) is 3.59. The zero-order valence-electron chi connectivity index (χ0n) is 14.9. The average molecular weight is 361 g/mol. The lowest BCUT2D eigenvalue weighted by atomic mass is 9.94. The van der Waals surface area contributed by atoms with Crippen LogP contribution in [0.5, 0.6) is 5.75 Å². The first-order valence-electron chi connectivity index (χ1n) is 8.76. The van der Waals surface area contributed by atoms with Gasteiger partial charge in [-0.2, -0.15) is 5.10 Å². The first kappa shape index (κ1) is 17.0. The van der Waals surface area contributed by atoms with Crippen molar-refractivity contribution in [1.82, 2.24) is 14.7 Å². The second kappa shape index (κ2) is 6.72. The standard InChI is InChI=1S/C21H19N3O3/c1-23-13-16(24-19(21(23)27)20(26)18(25)12-22-24)11-15-9-5-6-10-17(15)14-7-3-2-4-8-14/h2-10,12,16,26H,11,13H2,1H3. The van der Waals surface area contributed by atoms with E-state index in [0.717, 1.165) is 22.9 Å². The van der Waals surface area contributed by atoms with Gasteiger partial charge in [0, 0.05) is 13.6 Å². The number of hydrogen-bond donors (Lipinski definition) is 1. The third-order valence-electron chi connectivity index (χ3n) is 4.92. The van der Waals surface area contributed by atoms with Gasteiger partial charge >= 0.3 is 0 Å². The van der Waals surface area contributed by atoms with E-state index in [1.807, 2.05) is 30.3 Å². The molecule has 1 N–H and O–H groups in total. The number of amides is 1. The highest BCUT2D eigenvalue weighted by Gasteiger charge is 2.33. The molecule has 2 aromatic carbocycles. The largest absolute Gasteiger partial charge is 0.502 e. The van der Waals surface area contributed by atoms with E-state index in [9.17, 15) is 14.7 Å². The molecule has 0 saturated heterocycles. The van der Waals surface area contributed by atoms with Crippen molar-refractivity contribution in [1.29, 1.82) is 0 Å². The third-order valence-corrected chi connectivity index (χ3v) is 4.92. The molecule has 0 aliphatic carbocycles. The number of carbonyl (C=O) groups is 1. The second-order valence-electron chi connectivity index (χ2n) is 6.72. The average Bonchev–Trinajstić information content (AvgIpc) is 2.69. The minimum atomic E-state index is -0.645. The van der Waals surface area contributed by atoms with Crippen LogP contribution in [0.25, 0.3) is 11.1 Å². The van der Waals surface area contributed by atoms with Crippen LogP contribution in [-0.4, -0.2) is 39.3 Å². The van der Waals surface area contributed by atoms with E-state index in [1.54, 1.807) is 7.05 Å². The van der Waals surface area contributed by atoms with Gasteiger partial charge in [0.15, 0.2) is 11.4 Å². The summed E-state index contributed by atoms with van der Waals surface area (Å²) in [6, 6.07) is 18.0. The van der Waals surface area contributed by atoms with Crippen molar-refractivity contribution in [2.75, 3.05) is 13.6 Å². The Hall–Kier alpha value is -3.41. The van der Waals surface area contributed by atoms with Crippen LogP contribution in [0.4, 0.5) is 0 Å². The lowest BCUT2D eigenvalue weighted by Crippen LogP contribution is -2.43. The zero-order chi connectivity index (χ0) is 19.0. The van der Waals surface area contributed by atoms with Crippen molar-refractivity contribution in [3.8, 4) is 16.9 Å². The van der Waals surface area contributed by atoms with Gasteiger partial charge in [0.25, 0.3) is 5.91 Å². The molecule has 6 nitrogen and oxygen atoms in total. The summed E-state index contributed by atoms with van der Waals surface area (Å²) in [5.74, 6) is -0.937. The van der Waals surface area contributed by atoms with Crippen molar-refractivity contribution in [3.63, 3.8) is 0 Å². The van der Waals surface area contributed by atoms with Gasteiger partial charge in [0.1, 0.15) is 0 Å². The molecule has 27 heavy (non-hydrogen) atoms. The monoisotopic (exact) mass is 361 g/mol. The highest BCUT2D eigenvalue weighted by atomic mass is 16.3. The molecule has 3 aromatic rings. The van der Waals surface area contributed by atoms with Crippen LogP contribution in [0.1, 0.15) is 22.1 Å². The highest BCUT2D eigenvalue weighted by molar-refractivity contribution is 5.95. The Labute approximate surface area is 156 Å². The van der Waals surface area contributed by atoms with Crippen LogP contribution >= 0.6 is 0 Å². The maximum atomic E-state index is 12.4. The van der Waals surface area contributed by atoms with Crippen molar-refractivity contribution in [2.24, 2.45) is 0 Å². The molecule has 0 fully saturated rings. The molecule has 1 atom stereocenters. The highest BCUT2D eigenvalue weighted by Crippen LogP contribution is 2.30. The second-order valence-corrected chi connectivity index (χ2v) is 6.72. The fraction of sp³-hybridized carbons (Fsp3) is 0.190. The van der Waals surface area contributed by atoms with E-state index in [4.69, 9.17) is 0 Å². The molecule has 1 aliphatic rings. The Bertz CT molecular complexity index is 1060. The van der Waals surface area contributed by atoms with E-state index < -0.39 is 17.1 Å². The molecular formula is C21H19N3O3.